The number of rotatable bonds is 2. The Morgan fingerprint density at radius 3 is 2.79 bits per heavy atom. The molecule has 2 aliphatic rings. The van der Waals surface area contributed by atoms with Crippen molar-refractivity contribution in [3.05, 3.63) is 17.5 Å². The quantitative estimate of drug-likeness (QED) is 0.788. The van der Waals surface area contributed by atoms with Gasteiger partial charge >= 0.3 is 0 Å². The standard InChI is InChI=1S/C12H19N3O3S/c1-9-3-11(8-18-7-9)14-4-10-5-15(19(2,16)17)13-12(10)6-14/h5,9,11H,3-4,6-8H2,1-2H3. The van der Waals surface area contributed by atoms with Gasteiger partial charge in [-0.3, -0.25) is 4.90 Å². The van der Waals surface area contributed by atoms with Gasteiger partial charge < -0.3 is 4.74 Å². The molecule has 19 heavy (non-hydrogen) atoms. The van der Waals surface area contributed by atoms with Crippen LogP contribution in [0.15, 0.2) is 6.20 Å². The third-order valence-electron chi connectivity index (χ3n) is 3.83. The van der Waals surface area contributed by atoms with Crippen molar-refractivity contribution >= 4 is 10.0 Å². The molecule has 0 saturated carbocycles. The van der Waals surface area contributed by atoms with Gasteiger partial charge in [-0.1, -0.05) is 6.92 Å². The Bertz CT molecular complexity index is 558. The summed E-state index contributed by atoms with van der Waals surface area (Å²) >= 11 is 0. The van der Waals surface area contributed by atoms with E-state index in [1.54, 1.807) is 6.20 Å². The molecule has 2 unspecified atom stereocenters. The van der Waals surface area contributed by atoms with Crippen LogP contribution in [-0.4, -0.2) is 48.0 Å². The van der Waals surface area contributed by atoms with Crippen LogP contribution < -0.4 is 0 Å². The fraction of sp³-hybridized carbons (Fsp3) is 0.750. The van der Waals surface area contributed by atoms with Gasteiger partial charge in [-0.05, 0) is 12.3 Å². The first-order valence-corrected chi connectivity index (χ1v) is 8.38. The Morgan fingerprint density at radius 2 is 2.16 bits per heavy atom. The molecule has 2 aliphatic heterocycles. The third-order valence-corrected chi connectivity index (χ3v) is 4.69. The highest BCUT2D eigenvalue weighted by molar-refractivity contribution is 7.89. The second kappa shape index (κ2) is 4.57. The average molecular weight is 285 g/mol. The van der Waals surface area contributed by atoms with Crippen LogP contribution in [0, 0.1) is 5.92 Å². The first-order chi connectivity index (χ1) is 8.93. The molecule has 1 fully saturated rings. The summed E-state index contributed by atoms with van der Waals surface area (Å²) < 4.78 is 29.5. The topological polar surface area (TPSA) is 64.4 Å². The molecule has 2 atom stereocenters. The minimum atomic E-state index is -3.27. The second-order valence-electron chi connectivity index (χ2n) is 5.67. The van der Waals surface area contributed by atoms with E-state index in [-0.39, 0.29) is 0 Å². The van der Waals surface area contributed by atoms with Gasteiger partial charge in [-0.2, -0.15) is 9.19 Å². The molecule has 0 amide bonds. The lowest BCUT2D eigenvalue weighted by Gasteiger charge is -2.33. The van der Waals surface area contributed by atoms with Crippen molar-refractivity contribution in [3.8, 4) is 0 Å². The highest BCUT2D eigenvalue weighted by atomic mass is 32.2. The van der Waals surface area contributed by atoms with Gasteiger partial charge in [0.2, 0.25) is 0 Å². The Balaban J connectivity index is 1.73. The molecule has 7 heteroatoms. The van der Waals surface area contributed by atoms with Crippen LogP contribution >= 0.6 is 0 Å². The average Bonchev–Trinajstić information content (AvgIpc) is 2.85. The predicted molar refractivity (Wildman–Crippen MR) is 70.1 cm³/mol. The zero-order valence-electron chi connectivity index (χ0n) is 11.2. The Morgan fingerprint density at radius 1 is 1.37 bits per heavy atom. The van der Waals surface area contributed by atoms with Gasteiger partial charge in [0.05, 0.1) is 18.6 Å². The van der Waals surface area contributed by atoms with E-state index in [9.17, 15) is 8.42 Å². The molecule has 3 heterocycles. The molecule has 1 saturated heterocycles. The van der Waals surface area contributed by atoms with E-state index < -0.39 is 10.0 Å². The molecule has 0 bridgehead atoms. The Kier molecular flexibility index (Phi) is 3.15. The molecular weight excluding hydrogens is 266 g/mol. The molecule has 1 aromatic heterocycles. The van der Waals surface area contributed by atoms with Crippen molar-refractivity contribution in [2.24, 2.45) is 5.92 Å². The summed E-state index contributed by atoms with van der Waals surface area (Å²) in [5.74, 6) is 0.586. The maximum Gasteiger partial charge on any atom is 0.250 e. The summed E-state index contributed by atoms with van der Waals surface area (Å²) in [6, 6.07) is 0.421. The van der Waals surface area contributed by atoms with Crippen LogP contribution in [-0.2, 0) is 27.8 Å². The minimum Gasteiger partial charge on any atom is -0.380 e. The molecule has 1 aromatic rings. The molecule has 6 nitrogen and oxygen atoms in total. The molecular formula is C12H19N3O3S. The van der Waals surface area contributed by atoms with Gasteiger partial charge in [0.15, 0.2) is 0 Å². The lowest BCUT2D eigenvalue weighted by Crippen LogP contribution is -2.40. The van der Waals surface area contributed by atoms with Crippen molar-refractivity contribution in [1.29, 1.82) is 0 Å². The fourth-order valence-electron chi connectivity index (χ4n) is 2.84. The summed E-state index contributed by atoms with van der Waals surface area (Å²) in [4.78, 5) is 2.33. The largest absolute Gasteiger partial charge is 0.380 e. The normalized spacial score (nSPS) is 28.5. The maximum atomic E-state index is 11.4. The van der Waals surface area contributed by atoms with Crippen LogP contribution in [0.4, 0.5) is 0 Å². The van der Waals surface area contributed by atoms with E-state index in [0.29, 0.717) is 12.0 Å². The first-order valence-electron chi connectivity index (χ1n) is 6.53. The zero-order chi connectivity index (χ0) is 13.6. The summed E-state index contributed by atoms with van der Waals surface area (Å²) in [6.07, 6.45) is 3.94. The Labute approximate surface area is 113 Å². The van der Waals surface area contributed by atoms with Crippen molar-refractivity contribution in [2.75, 3.05) is 19.5 Å². The van der Waals surface area contributed by atoms with Crippen LogP contribution in [0.1, 0.15) is 24.6 Å². The number of nitrogens with zero attached hydrogens (tertiary/aromatic N) is 3. The predicted octanol–water partition coefficient (Wildman–Crippen LogP) is 0.431. The van der Waals surface area contributed by atoms with E-state index >= 15 is 0 Å². The van der Waals surface area contributed by atoms with Gasteiger partial charge in [0, 0.05) is 37.5 Å². The number of hydrogen-bond donors (Lipinski definition) is 0. The molecule has 0 radical (unpaired) electrons. The zero-order valence-corrected chi connectivity index (χ0v) is 12.1. The number of aromatic nitrogens is 2. The van der Waals surface area contributed by atoms with Gasteiger partial charge in [0.25, 0.3) is 10.0 Å². The van der Waals surface area contributed by atoms with Crippen molar-refractivity contribution in [2.45, 2.75) is 32.5 Å². The lowest BCUT2D eigenvalue weighted by molar-refractivity contribution is -0.0111. The molecule has 0 N–H and O–H groups in total. The highest BCUT2D eigenvalue weighted by Gasteiger charge is 2.32. The van der Waals surface area contributed by atoms with Crippen LogP contribution in [0.5, 0.6) is 0 Å². The van der Waals surface area contributed by atoms with Crippen molar-refractivity contribution < 1.29 is 13.2 Å². The fourth-order valence-corrected chi connectivity index (χ4v) is 3.41. The minimum absolute atomic E-state index is 0.421. The molecule has 3 rings (SSSR count). The smallest absolute Gasteiger partial charge is 0.250 e. The van der Waals surface area contributed by atoms with E-state index in [4.69, 9.17) is 4.74 Å². The Hall–Kier alpha value is -0.920. The van der Waals surface area contributed by atoms with Crippen LogP contribution in [0.25, 0.3) is 0 Å². The molecule has 0 spiro atoms. The monoisotopic (exact) mass is 285 g/mol. The SMILES string of the molecule is CC1COCC(N2Cc3cn(S(C)(=O)=O)nc3C2)C1. The third kappa shape index (κ3) is 2.54. The van der Waals surface area contributed by atoms with Crippen LogP contribution in [0.3, 0.4) is 0 Å². The number of hydrogen-bond acceptors (Lipinski definition) is 5. The van der Waals surface area contributed by atoms with Crippen molar-refractivity contribution in [3.63, 3.8) is 0 Å². The molecule has 0 aliphatic carbocycles. The summed E-state index contributed by atoms with van der Waals surface area (Å²) in [7, 11) is -3.27. The number of fused-ring (bicyclic) bond motifs is 1. The van der Waals surface area contributed by atoms with E-state index in [2.05, 4.69) is 16.9 Å². The summed E-state index contributed by atoms with van der Waals surface area (Å²) in [5.41, 5.74) is 1.90. The van der Waals surface area contributed by atoms with Gasteiger partial charge in [0.1, 0.15) is 0 Å². The highest BCUT2D eigenvalue weighted by Crippen LogP contribution is 2.28. The van der Waals surface area contributed by atoms with Crippen LogP contribution in [0.2, 0.25) is 0 Å². The molecule has 106 valence electrons. The van der Waals surface area contributed by atoms with Crippen molar-refractivity contribution in [1.82, 2.24) is 14.1 Å². The molecule has 0 aromatic carbocycles. The second-order valence-corrected chi connectivity index (χ2v) is 7.51. The summed E-state index contributed by atoms with van der Waals surface area (Å²) in [5, 5.41) is 4.17. The van der Waals surface area contributed by atoms with E-state index in [1.807, 2.05) is 0 Å². The van der Waals surface area contributed by atoms with Gasteiger partial charge in [-0.15, -0.1) is 0 Å². The van der Waals surface area contributed by atoms with Gasteiger partial charge in [-0.25, -0.2) is 8.42 Å². The first kappa shape index (κ1) is 13.1. The van der Waals surface area contributed by atoms with E-state index in [1.165, 1.54) is 6.26 Å². The maximum absolute atomic E-state index is 11.4. The lowest BCUT2D eigenvalue weighted by atomic mass is 9.99. The van der Waals surface area contributed by atoms with E-state index in [0.717, 1.165) is 48.1 Å². The number of ether oxygens (including phenoxy) is 1. The summed E-state index contributed by atoms with van der Waals surface area (Å²) in [6.45, 7) is 5.30.